The zero-order valence-electron chi connectivity index (χ0n) is 14.9. The molecule has 0 amide bonds. The second-order valence-electron chi connectivity index (χ2n) is 7.03. The number of nitrogens with zero attached hydrogens (tertiary/aromatic N) is 4. The smallest absolute Gasteiger partial charge is 0.230 e. The van der Waals surface area contributed by atoms with Crippen LogP contribution in [0.1, 0.15) is 35.6 Å². The molecule has 140 valence electrons. The topological polar surface area (TPSA) is 66.8 Å². The predicted octanol–water partition coefficient (Wildman–Crippen LogP) is 4.64. The summed E-state index contributed by atoms with van der Waals surface area (Å²) >= 11 is 3.24. The summed E-state index contributed by atoms with van der Waals surface area (Å²) in [5.41, 5.74) is 0. The van der Waals surface area contributed by atoms with E-state index in [-0.39, 0.29) is 11.9 Å². The van der Waals surface area contributed by atoms with E-state index in [1.54, 1.807) is 23.7 Å². The maximum atomic E-state index is 11.0. The van der Waals surface area contributed by atoms with Crippen molar-refractivity contribution in [2.75, 3.05) is 13.1 Å². The van der Waals surface area contributed by atoms with Gasteiger partial charge >= 0.3 is 0 Å². The van der Waals surface area contributed by atoms with Crippen LogP contribution in [-0.2, 0) is 0 Å². The van der Waals surface area contributed by atoms with Gasteiger partial charge in [0.05, 0.1) is 17.2 Å². The van der Waals surface area contributed by atoms with Crippen molar-refractivity contribution >= 4 is 27.6 Å². The van der Waals surface area contributed by atoms with Crippen molar-refractivity contribution in [3.05, 3.63) is 45.7 Å². The molecule has 4 aromatic rings. The lowest BCUT2D eigenvalue weighted by atomic mass is 9.97. The Morgan fingerprint density at radius 2 is 2.11 bits per heavy atom. The number of rotatable bonds is 4. The molecule has 4 aromatic heterocycles. The lowest BCUT2D eigenvalue weighted by Gasteiger charge is -2.35. The Hall–Kier alpha value is -2.16. The Kier molecular flexibility index (Phi) is 4.26. The molecule has 1 saturated heterocycles. The van der Waals surface area contributed by atoms with Gasteiger partial charge in [0.2, 0.25) is 16.7 Å². The van der Waals surface area contributed by atoms with Gasteiger partial charge in [-0.25, -0.2) is 0 Å². The van der Waals surface area contributed by atoms with Crippen LogP contribution in [-0.4, -0.2) is 37.7 Å². The molecule has 0 aromatic carbocycles. The molecule has 0 aliphatic carbocycles. The molecule has 0 spiro atoms. The first kappa shape index (κ1) is 17.0. The van der Waals surface area contributed by atoms with Gasteiger partial charge in [0, 0.05) is 4.88 Å². The Labute approximate surface area is 164 Å². The van der Waals surface area contributed by atoms with E-state index in [0.717, 1.165) is 23.9 Å². The first-order chi connectivity index (χ1) is 13.2. The second-order valence-corrected chi connectivity index (χ2v) is 9.02. The molecule has 1 aliphatic rings. The van der Waals surface area contributed by atoms with Crippen LogP contribution in [0.4, 0.5) is 0 Å². The van der Waals surface area contributed by atoms with E-state index in [0.29, 0.717) is 16.5 Å². The number of likely N-dealkylation sites (tertiary alicyclic amines) is 1. The zero-order valence-corrected chi connectivity index (χ0v) is 16.5. The van der Waals surface area contributed by atoms with Gasteiger partial charge in [0.15, 0.2) is 5.76 Å². The highest BCUT2D eigenvalue weighted by Crippen LogP contribution is 2.42. The third-order valence-electron chi connectivity index (χ3n) is 5.19. The van der Waals surface area contributed by atoms with Gasteiger partial charge in [0.25, 0.3) is 0 Å². The summed E-state index contributed by atoms with van der Waals surface area (Å²) in [7, 11) is 0. The minimum atomic E-state index is 0.0538. The summed E-state index contributed by atoms with van der Waals surface area (Å²) < 4.78 is 6.91. The first-order valence-corrected chi connectivity index (χ1v) is 10.8. The van der Waals surface area contributed by atoms with E-state index in [4.69, 9.17) is 4.42 Å². The third kappa shape index (κ3) is 2.97. The summed E-state index contributed by atoms with van der Waals surface area (Å²) in [6.45, 7) is 4.39. The van der Waals surface area contributed by atoms with Gasteiger partial charge in [0.1, 0.15) is 0 Å². The van der Waals surface area contributed by atoms with Gasteiger partial charge in [-0.1, -0.05) is 24.3 Å². The number of hydrogen-bond donors (Lipinski definition) is 1. The van der Waals surface area contributed by atoms with Crippen molar-refractivity contribution in [3.8, 4) is 17.5 Å². The Bertz CT molecular complexity index is 1030. The minimum Gasteiger partial charge on any atom is -0.492 e. The largest absolute Gasteiger partial charge is 0.492 e. The van der Waals surface area contributed by atoms with Crippen molar-refractivity contribution in [2.24, 2.45) is 5.92 Å². The molecular formula is C19H20N4O2S2. The molecule has 5 heterocycles. The monoisotopic (exact) mass is 400 g/mol. The molecule has 27 heavy (non-hydrogen) atoms. The lowest BCUT2D eigenvalue weighted by Crippen LogP contribution is -2.36. The van der Waals surface area contributed by atoms with Crippen LogP contribution in [0.25, 0.3) is 16.5 Å². The molecule has 1 fully saturated rings. The van der Waals surface area contributed by atoms with Crippen LogP contribution in [0.5, 0.6) is 5.88 Å². The molecule has 0 bridgehead atoms. The van der Waals surface area contributed by atoms with Gasteiger partial charge in [-0.3, -0.25) is 4.90 Å². The van der Waals surface area contributed by atoms with Crippen LogP contribution in [0, 0.1) is 5.92 Å². The van der Waals surface area contributed by atoms with Gasteiger partial charge < -0.3 is 9.52 Å². The van der Waals surface area contributed by atoms with Gasteiger partial charge in [-0.05, 0) is 55.4 Å². The first-order valence-electron chi connectivity index (χ1n) is 9.10. The lowest BCUT2D eigenvalue weighted by molar-refractivity contribution is 0.159. The Morgan fingerprint density at radius 1 is 1.26 bits per heavy atom. The number of piperidine rings is 1. The van der Waals surface area contributed by atoms with E-state index in [2.05, 4.69) is 39.4 Å². The van der Waals surface area contributed by atoms with Crippen molar-refractivity contribution in [2.45, 2.75) is 25.8 Å². The van der Waals surface area contributed by atoms with Crippen LogP contribution in [0.3, 0.4) is 0 Å². The fourth-order valence-corrected chi connectivity index (χ4v) is 5.70. The van der Waals surface area contributed by atoms with Crippen molar-refractivity contribution in [1.82, 2.24) is 19.5 Å². The van der Waals surface area contributed by atoms with E-state index in [1.807, 2.05) is 6.07 Å². The third-order valence-corrected chi connectivity index (χ3v) is 7.18. The van der Waals surface area contributed by atoms with E-state index >= 15 is 0 Å². The average molecular weight is 401 g/mol. The Balaban J connectivity index is 1.56. The van der Waals surface area contributed by atoms with Crippen molar-refractivity contribution < 1.29 is 9.52 Å². The number of thiophene rings is 1. The van der Waals surface area contributed by atoms with Gasteiger partial charge in [-0.2, -0.15) is 9.50 Å². The number of fused-ring (bicyclic) bond motifs is 1. The minimum absolute atomic E-state index is 0.0538. The highest BCUT2D eigenvalue weighted by atomic mass is 32.1. The SMILES string of the molecule is CC1CCN([C@H](c2cccs2)c2sc3nc(-c4ccco4)nn3c2O)CC1. The normalized spacial score (nSPS) is 17.7. The highest BCUT2D eigenvalue weighted by Gasteiger charge is 2.32. The molecule has 5 rings (SSSR count). The maximum absolute atomic E-state index is 11.0. The fraction of sp³-hybridized carbons (Fsp3) is 0.368. The molecule has 8 heteroatoms. The summed E-state index contributed by atoms with van der Waals surface area (Å²) in [5, 5.41) is 17.5. The average Bonchev–Trinajstić information content (AvgIpc) is 3.44. The second kappa shape index (κ2) is 6.78. The standard InChI is InChI=1S/C19H20N4O2S2/c1-12-6-8-22(9-7-12)15(14-5-3-11-26-14)16-18(24)23-19(27-16)20-17(21-23)13-4-2-10-25-13/h2-5,10-12,15,24H,6-9H2,1H3/t15-/m1/s1. The number of furan rings is 1. The molecular weight excluding hydrogens is 380 g/mol. The summed E-state index contributed by atoms with van der Waals surface area (Å²) in [4.78, 5) is 9.87. The van der Waals surface area contributed by atoms with Crippen LogP contribution < -0.4 is 0 Å². The fourth-order valence-electron chi connectivity index (χ4n) is 3.65. The van der Waals surface area contributed by atoms with Crippen LogP contribution in [0.15, 0.2) is 40.3 Å². The van der Waals surface area contributed by atoms with E-state index in [9.17, 15) is 5.11 Å². The van der Waals surface area contributed by atoms with Gasteiger partial charge in [-0.15, -0.1) is 16.4 Å². The van der Waals surface area contributed by atoms with E-state index in [1.165, 1.54) is 33.6 Å². The van der Waals surface area contributed by atoms with E-state index < -0.39 is 0 Å². The van der Waals surface area contributed by atoms with Crippen molar-refractivity contribution in [3.63, 3.8) is 0 Å². The zero-order chi connectivity index (χ0) is 18.4. The summed E-state index contributed by atoms with van der Waals surface area (Å²) in [5.74, 6) is 2.04. The molecule has 6 nitrogen and oxygen atoms in total. The summed E-state index contributed by atoms with van der Waals surface area (Å²) in [6, 6.07) is 7.90. The maximum Gasteiger partial charge on any atom is 0.230 e. The number of hydrogen-bond acceptors (Lipinski definition) is 7. The number of aromatic nitrogens is 3. The summed E-state index contributed by atoms with van der Waals surface area (Å²) in [6.07, 6.45) is 3.97. The molecule has 1 aliphatic heterocycles. The Morgan fingerprint density at radius 3 is 2.78 bits per heavy atom. The van der Waals surface area contributed by atoms with Crippen LogP contribution >= 0.6 is 22.7 Å². The molecule has 1 atom stereocenters. The molecule has 0 unspecified atom stereocenters. The quantitative estimate of drug-likeness (QED) is 0.541. The predicted molar refractivity (Wildman–Crippen MR) is 106 cm³/mol. The van der Waals surface area contributed by atoms with Crippen LogP contribution in [0.2, 0.25) is 0 Å². The highest BCUT2D eigenvalue weighted by molar-refractivity contribution is 7.17. The molecule has 0 radical (unpaired) electrons. The number of aromatic hydroxyl groups is 1. The van der Waals surface area contributed by atoms with Crippen molar-refractivity contribution in [1.29, 1.82) is 0 Å². The molecule has 1 N–H and O–H groups in total. The molecule has 0 saturated carbocycles. The number of thiazole rings is 1.